The SMILES string of the molecule is CCCCNc1nc(SCCC)nc2c1nnn2C1CC(C=CC(=O)O)C(O)C1O. The van der Waals surface area contributed by atoms with Crippen molar-refractivity contribution in [1.82, 2.24) is 25.0 Å². The highest BCUT2D eigenvalue weighted by Gasteiger charge is 2.43. The molecule has 2 heterocycles. The molecule has 1 fully saturated rings. The van der Waals surface area contributed by atoms with Crippen LogP contribution < -0.4 is 5.32 Å². The zero-order chi connectivity index (χ0) is 21.7. The van der Waals surface area contributed by atoms with Gasteiger partial charge in [0.15, 0.2) is 22.1 Å². The van der Waals surface area contributed by atoms with E-state index >= 15 is 0 Å². The number of aliphatic hydroxyl groups excluding tert-OH is 2. The van der Waals surface area contributed by atoms with Crippen LogP contribution in [0, 0.1) is 5.92 Å². The van der Waals surface area contributed by atoms with Crippen LogP contribution in [0.4, 0.5) is 5.82 Å². The third-order valence-electron chi connectivity index (χ3n) is 5.06. The van der Waals surface area contributed by atoms with Crippen LogP contribution in [0.3, 0.4) is 0 Å². The number of fused-ring (bicyclic) bond motifs is 1. The van der Waals surface area contributed by atoms with Gasteiger partial charge in [-0.1, -0.05) is 43.3 Å². The molecule has 1 aliphatic rings. The molecule has 2 aromatic heterocycles. The number of rotatable bonds is 10. The van der Waals surface area contributed by atoms with E-state index in [-0.39, 0.29) is 0 Å². The molecule has 2 aromatic rings. The number of carboxylic acids is 1. The van der Waals surface area contributed by atoms with Gasteiger partial charge in [0.25, 0.3) is 0 Å². The molecule has 4 N–H and O–H groups in total. The summed E-state index contributed by atoms with van der Waals surface area (Å²) < 4.78 is 1.53. The third-order valence-corrected chi connectivity index (χ3v) is 6.11. The van der Waals surface area contributed by atoms with Crippen LogP contribution in [0.25, 0.3) is 11.2 Å². The number of thioether (sulfide) groups is 1. The van der Waals surface area contributed by atoms with E-state index in [2.05, 4.69) is 39.4 Å². The number of nitrogens with zero attached hydrogens (tertiary/aromatic N) is 5. The van der Waals surface area contributed by atoms with E-state index in [1.807, 2.05) is 0 Å². The summed E-state index contributed by atoms with van der Waals surface area (Å²) in [6, 6.07) is -0.573. The van der Waals surface area contributed by atoms with Crippen molar-refractivity contribution >= 4 is 34.7 Å². The molecule has 1 aliphatic carbocycles. The first kappa shape index (κ1) is 22.4. The van der Waals surface area contributed by atoms with Crippen molar-refractivity contribution in [2.75, 3.05) is 17.6 Å². The molecule has 164 valence electrons. The van der Waals surface area contributed by atoms with Crippen LogP contribution in [-0.2, 0) is 4.79 Å². The van der Waals surface area contributed by atoms with Crippen molar-refractivity contribution in [3.05, 3.63) is 12.2 Å². The largest absolute Gasteiger partial charge is 0.478 e. The van der Waals surface area contributed by atoms with Crippen molar-refractivity contribution in [3.63, 3.8) is 0 Å². The van der Waals surface area contributed by atoms with Crippen LogP contribution in [0.2, 0.25) is 0 Å². The number of aliphatic hydroxyl groups is 2. The quantitative estimate of drug-likeness (QED) is 0.188. The Kier molecular flexibility index (Phi) is 7.62. The maximum atomic E-state index is 10.8. The number of aromatic nitrogens is 5. The fraction of sp³-hybridized carbons (Fsp3) is 0.632. The van der Waals surface area contributed by atoms with Crippen molar-refractivity contribution in [2.45, 2.75) is 62.9 Å². The van der Waals surface area contributed by atoms with Gasteiger partial charge in [-0.3, -0.25) is 0 Å². The molecule has 3 rings (SSSR count). The van der Waals surface area contributed by atoms with Gasteiger partial charge in [-0.05, 0) is 19.3 Å². The van der Waals surface area contributed by atoms with E-state index in [9.17, 15) is 15.0 Å². The summed E-state index contributed by atoms with van der Waals surface area (Å²) in [5, 5.41) is 42.2. The lowest BCUT2D eigenvalue weighted by Crippen LogP contribution is -2.29. The molecule has 0 aromatic carbocycles. The lowest BCUT2D eigenvalue weighted by Gasteiger charge is -2.17. The highest BCUT2D eigenvalue weighted by Crippen LogP contribution is 2.37. The van der Waals surface area contributed by atoms with Crippen LogP contribution >= 0.6 is 11.8 Å². The Morgan fingerprint density at radius 2 is 2.07 bits per heavy atom. The standard InChI is InChI=1S/C19H28N6O4S/c1-3-5-8-20-17-14-18(22-19(21-17)30-9-4-2)25(24-23-14)12-10-11(6-7-13(26)27)15(28)16(12)29/h6-7,11-12,15-16,28-29H,3-5,8-10H2,1-2H3,(H,26,27)(H,20,21,22). The molecular weight excluding hydrogens is 408 g/mol. The summed E-state index contributed by atoms with van der Waals surface area (Å²) in [6.07, 6.45) is 3.52. The number of hydrogen-bond donors (Lipinski definition) is 4. The molecular formula is C19H28N6O4S. The maximum Gasteiger partial charge on any atom is 0.327 e. The number of aliphatic carboxylic acids is 1. The second-order valence-electron chi connectivity index (χ2n) is 7.34. The zero-order valence-electron chi connectivity index (χ0n) is 17.1. The fourth-order valence-corrected chi connectivity index (χ4v) is 4.17. The van der Waals surface area contributed by atoms with Crippen LogP contribution in [-0.4, -0.2) is 70.8 Å². The highest BCUT2D eigenvalue weighted by atomic mass is 32.2. The minimum absolute atomic E-state index is 0.324. The van der Waals surface area contributed by atoms with Crippen LogP contribution in [0.1, 0.15) is 45.6 Å². The lowest BCUT2D eigenvalue weighted by atomic mass is 10.1. The van der Waals surface area contributed by atoms with Gasteiger partial charge in [-0.2, -0.15) is 0 Å². The average Bonchev–Trinajstić information content (AvgIpc) is 3.26. The summed E-state index contributed by atoms with van der Waals surface area (Å²) in [5.41, 5.74) is 1.000. The Morgan fingerprint density at radius 3 is 2.77 bits per heavy atom. The molecule has 1 saturated carbocycles. The Balaban J connectivity index is 1.95. The number of unbranched alkanes of at least 4 members (excludes halogenated alkanes) is 1. The number of nitrogens with one attached hydrogen (secondary N) is 1. The van der Waals surface area contributed by atoms with Crippen molar-refractivity contribution in [2.24, 2.45) is 5.92 Å². The third kappa shape index (κ3) is 4.90. The summed E-state index contributed by atoms with van der Waals surface area (Å²) in [5.74, 6) is -0.125. The number of hydrogen-bond acceptors (Lipinski definition) is 9. The van der Waals surface area contributed by atoms with Crippen molar-refractivity contribution < 1.29 is 20.1 Å². The van der Waals surface area contributed by atoms with Gasteiger partial charge in [-0.15, -0.1) is 5.10 Å². The van der Waals surface area contributed by atoms with Crippen LogP contribution in [0.15, 0.2) is 17.3 Å². The zero-order valence-corrected chi connectivity index (χ0v) is 17.9. The highest BCUT2D eigenvalue weighted by molar-refractivity contribution is 7.99. The summed E-state index contributed by atoms with van der Waals surface area (Å²) >= 11 is 1.54. The monoisotopic (exact) mass is 436 g/mol. The molecule has 0 radical (unpaired) electrons. The molecule has 0 saturated heterocycles. The molecule has 11 heteroatoms. The summed E-state index contributed by atoms with van der Waals surface area (Å²) in [6.45, 7) is 4.94. The van der Waals surface area contributed by atoms with Crippen molar-refractivity contribution in [3.8, 4) is 0 Å². The molecule has 0 aliphatic heterocycles. The van der Waals surface area contributed by atoms with E-state index in [1.165, 1.54) is 22.5 Å². The van der Waals surface area contributed by atoms with E-state index in [1.54, 1.807) is 0 Å². The smallest absolute Gasteiger partial charge is 0.327 e. The van der Waals surface area contributed by atoms with E-state index in [4.69, 9.17) is 5.11 Å². The van der Waals surface area contributed by atoms with E-state index in [0.717, 1.165) is 37.6 Å². The average molecular weight is 437 g/mol. The molecule has 10 nitrogen and oxygen atoms in total. The predicted molar refractivity (Wildman–Crippen MR) is 113 cm³/mol. The Hall–Kier alpha value is -2.24. The minimum atomic E-state index is -1.11. The second kappa shape index (κ2) is 10.2. The van der Waals surface area contributed by atoms with Crippen molar-refractivity contribution in [1.29, 1.82) is 0 Å². The van der Waals surface area contributed by atoms with Gasteiger partial charge in [0, 0.05) is 24.3 Å². The van der Waals surface area contributed by atoms with E-state index in [0.29, 0.717) is 28.6 Å². The van der Waals surface area contributed by atoms with Crippen LogP contribution in [0.5, 0.6) is 0 Å². The predicted octanol–water partition coefficient (Wildman–Crippen LogP) is 1.86. The van der Waals surface area contributed by atoms with Gasteiger partial charge in [0.2, 0.25) is 0 Å². The Morgan fingerprint density at radius 1 is 1.27 bits per heavy atom. The molecule has 0 amide bonds. The molecule has 0 bridgehead atoms. The first-order valence-corrected chi connectivity index (χ1v) is 11.2. The Bertz CT molecular complexity index is 905. The van der Waals surface area contributed by atoms with Gasteiger partial charge in [-0.25, -0.2) is 19.4 Å². The first-order valence-electron chi connectivity index (χ1n) is 10.2. The first-order chi connectivity index (χ1) is 14.5. The van der Waals surface area contributed by atoms with Gasteiger partial charge in [0.05, 0.1) is 12.1 Å². The fourth-order valence-electron chi connectivity index (χ4n) is 3.48. The Labute approximate surface area is 178 Å². The maximum absolute atomic E-state index is 10.8. The van der Waals surface area contributed by atoms with Gasteiger partial charge < -0.3 is 20.6 Å². The van der Waals surface area contributed by atoms with Gasteiger partial charge in [0.1, 0.15) is 6.10 Å². The number of anilines is 1. The molecule has 4 atom stereocenters. The molecule has 4 unspecified atom stereocenters. The normalized spacial score (nSPS) is 24.1. The number of carbonyl (C=O) groups is 1. The topological polar surface area (TPSA) is 146 Å². The molecule has 30 heavy (non-hydrogen) atoms. The minimum Gasteiger partial charge on any atom is -0.478 e. The van der Waals surface area contributed by atoms with E-state index < -0.39 is 30.1 Å². The summed E-state index contributed by atoms with van der Waals surface area (Å²) in [7, 11) is 0. The molecule has 0 spiro atoms. The summed E-state index contributed by atoms with van der Waals surface area (Å²) in [4.78, 5) is 20.0. The van der Waals surface area contributed by atoms with Gasteiger partial charge >= 0.3 is 5.97 Å². The second-order valence-corrected chi connectivity index (χ2v) is 8.40. The lowest BCUT2D eigenvalue weighted by molar-refractivity contribution is -0.131. The number of carboxylic acid groups (broad SMARTS) is 1.